The first kappa shape index (κ1) is 15.5. The van der Waals surface area contributed by atoms with Gasteiger partial charge in [-0.2, -0.15) is 0 Å². The van der Waals surface area contributed by atoms with E-state index in [1.54, 1.807) is 23.4 Å². The number of hydrogen-bond donors (Lipinski definition) is 0. The molecular weight excluding hydrogens is 264 g/mol. The van der Waals surface area contributed by atoms with Crippen molar-refractivity contribution in [3.8, 4) is 0 Å². The number of pyridine rings is 1. The number of rotatable bonds is 7. The van der Waals surface area contributed by atoms with Gasteiger partial charge >= 0.3 is 0 Å². The molecule has 21 heavy (non-hydrogen) atoms. The molecule has 2 heterocycles. The molecule has 1 atom stereocenters. The van der Waals surface area contributed by atoms with Crippen LogP contribution in [0.3, 0.4) is 0 Å². The third kappa shape index (κ3) is 3.84. The third-order valence-electron chi connectivity index (χ3n) is 3.99. The zero-order valence-electron chi connectivity index (χ0n) is 13.1. The predicted molar refractivity (Wildman–Crippen MR) is 84.3 cm³/mol. The van der Waals surface area contributed by atoms with E-state index in [1.807, 2.05) is 13.1 Å². The number of carbonyl (C=O) groups excluding carboxylic acids is 1. The molecule has 0 saturated carbocycles. The van der Waals surface area contributed by atoms with Crippen molar-refractivity contribution >= 4 is 16.9 Å². The molecule has 0 spiro atoms. The maximum Gasteiger partial charge on any atom is 0.289 e. The first-order chi connectivity index (χ1) is 10.1. The van der Waals surface area contributed by atoms with Crippen LogP contribution in [0.1, 0.15) is 56.5 Å². The van der Waals surface area contributed by atoms with Crippen LogP contribution in [0.2, 0.25) is 0 Å². The van der Waals surface area contributed by atoms with Crippen molar-refractivity contribution in [2.45, 2.75) is 52.0 Å². The van der Waals surface area contributed by atoms with Crippen LogP contribution in [0.25, 0.3) is 11.0 Å². The van der Waals surface area contributed by atoms with E-state index >= 15 is 0 Å². The summed E-state index contributed by atoms with van der Waals surface area (Å²) in [6.07, 6.45) is 9.27. The van der Waals surface area contributed by atoms with Crippen molar-refractivity contribution in [2.24, 2.45) is 0 Å². The van der Waals surface area contributed by atoms with Crippen molar-refractivity contribution in [3.63, 3.8) is 0 Å². The topological polar surface area (TPSA) is 46.3 Å². The Kier molecular flexibility index (Phi) is 5.37. The average Bonchev–Trinajstić information content (AvgIpc) is 2.93. The molecule has 0 radical (unpaired) electrons. The van der Waals surface area contributed by atoms with Gasteiger partial charge < -0.3 is 9.32 Å². The molecule has 0 fully saturated rings. The van der Waals surface area contributed by atoms with Crippen LogP contribution in [-0.4, -0.2) is 28.9 Å². The summed E-state index contributed by atoms with van der Waals surface area (Å²) in [5, 5.41) is 0.914. The minimum absolute atomic E-state index is 0.0609. The van der Waals surface area contributed by atoms with E-state index in [0.717, 1.165) is 18.2 Å². The minimum atomic E-state index is -0.0609. The van der Waals surface area contributed by atoms with E-state index in [2.05, 4.69) is 18.8 Å². The molecule has 4 nitrogen and oxygen atoms in total. The van der Waals surface area contributed by atoms with E-state index in [9.17, 15) is 4.79 Å². The lowest BCUT2D eigenvalue weighted by Gasteiger charge is -2.24. The molecule has 0 aliphatic heterocycles. The molecule has 0 bridgehead atoms. The second-order valence-electron chi connectivity index (χ2n) is 5.64. The summed E-state index contributed by atoms with van der Waals surface area (Å²) in [7, 11) is 1.85. The van der Waals surface area contributed by atoms with Crippen molar-refractivity contribution in [3.05, 3.63) is 30.3 Å². The van der Waals surface area contributed by atoms with Gasteiger partial charge in [-0.3, -0.25) is 9.78 Å². The van der Waals surface area contributed by atoms with Crippen LogP contribution < -0.4 is 0 Å². The predicted octanol–water partition coefficient (Wildman–Crippen LogP) is 4.26. The van der Waals surface area contributed by atoms with Gasteiger partial charge in [0.05, 0.1) is 6.20 Å². The number of hydrogen-bond acceptors (Lipinski definition) is 3. The first-order valence-corrected chi connectivity index (χ1v) is 7.74. The Morgan fingerprint density at radius 2 is 2.19 bits per heavy atom. The Balaban J connectivity index is 1.97. The third-order valence-corrected chi connectivity index (χ3v) is 3.99. The van der Waals surface area contributed by atoms with Crippen molar-refractivity contribution in [1.29, 1.82) is 0 Å². The van der Waals surface area contributed by atoms with E-state index in [-0.39, 0.29) is 11.9 Å². The van der Waals surface area contributed by atoms with Crippen LogP contribution in [0.5, 0.6) is 0 Å². The van der Waals surface area contributed by atoms with Crippen LogP contribution in [0.4, 0.5) is 0 Å². The molecule has 1 amide bonds. The van der Waals surface area contributed by atoms with E-state index in [0.29, 0.717) is 11.3 Å². The van der Waals surface area contributed by atoms with Gasteiger partial charge in [0.25, 0.3) is 5.91 Å². The maximum absolute atomic E-state index is 12.5. The molecule has 0 aliphatic carbocycles. The summed E-state index contributed by atoms with van der Waals surface area (Å²) < 4.78 is 5.59. The first-order valence-electron chi connectivity index (χ1n) is 7.74. The second-order valence-corrected chi connectivity index (χ2v) is 5.64. The maximum atomic E-state index is 12.5. The lowest BCUT2D eigenvalue weighted by molar-refractivity contribution is 0.0705. The number of fused-ring (bicyclic) bond motifs is 1. The van der Waals surface area contributed by atoms with Crippen LogP contribution >= 0.6 is 0 Å². The quantitative estimate of drug-likeness (QED) is 0.715. The number of amides is 1. The minimum Gasteiger partial charge on any atom is -0.449 e. The van der Waals surface area contributed by atoms with E-state index in [4.69, 9.17) is 4.42 Å². The van der Waals surface area contributed by atoms with Crippen LogP contribution in [0.15, 0.2) is 28.9 Å². The molecule has 2 aromatic heterocycles. The van der Waals surface area contributed by atoms with Gasteiger partial charge in [0.2, 0.25) is 0 Å². The highest BCUT2D eigenvalue weighted by molar-refractivity contribution is 5.95. The summed E-state index contributed by atoms with van der Waals surface area (Å²) in [4.78, 5) is 18.2. The van der Waals surface area contributed by atoms with E-state index in [1.165, 1.54) is 19.3 Å². The molecule has 1 unspecified atom stereocenters. The fraction of sp³-hybridized carbons (Fsp3) is 0.529. The highest BCUT2D eigenvalue weighted by Crippen LogP contribution is 2.20. The molecule has 0 saturated heterocycles. The van der Waals surface area contributed by atoms with Gasteiger partial charge in [-0.15, -0.1) is 0 Å². The van der Waals surface area contributed by atoms with Crippen LogP contribution in [-0.2, 0) is 0 Å². The van der Waals surface area contributed by atoms with Crippen molar-refractivity contribution < 1.29 is 9.21 Å². The number of aromatic nitrogens is 1. The second kappa shape index (κ2) is 7.25. The Morgan fingerprint density at radius 1 is 1.38 bits per heavy atom. The Bertz CT molecular complexity index is 558. The average molecular weight is 288 g/mol. The van der Waals surface area contributed by atoms with Gasteiger partial charge in [0.15, 0.2) is 11.3 Å². The molecule has 2 aromatic rings. The van der Waals surface area contributed by atoms with Crippen molar-refractivity contribution in [2.75, 3.05) is 7.05 Å². The lowest BCUT2D eigenvalue weighted by atomic mass is 10.1. The summed E-state index contributed by atoms with van der Waals surface area (Å²) in [6, 6.07) is 3.87. The summed E-state index contributed by atoms with van der Waals surface area (Å²) in [6.45, 7) is 4.30. The number of furan rings is 1. The fourth-order valence-electron chi connectivity index (χ4n) is 2.42. The molecule has 0 aliphatic rings. The molecular formula is C17H24N2O2. The van der Waals surface area contributed by atoms with Gasteiger partial charge in [0.1, 0.15) is 0 Å². The van der Waals surface area contributed by atoms with Gasteiger partial charge in [-0.25, -0.2) is 0 Å². The monoisotopic (exact) mass is 288 g/mol. The van der Waals surface area contributed by atoms with Gasteiger partial charge in [0, 0.05) is 24.7 Å². The molecule has 0 aromatic carbocycles. The summed E-state index contributed by atoms with van der Waals surface area (Å²) >= 11 is 0. The zero-order chi connectivity index (χ0) is 15.2. The molecule has 4 heteroatoms. The largest absolute Gasteiger partial charge is 0.449 e. The van der Waals surface area contributed by atoms with Crippen molar-refractivity contribution in [1.82, 2.24) is 9.88 Å². The Morgan fingerprint density at radius 3 is 2.90 bits per heavy atom. The molecule has 2 rings (SSSR count). The normalized spacial score (nSPS) is 12.5. The fourth-order valence-corrected chi connectivity index (χ4v) is 2.42. The lowest BCUT2D eigenvalue weighted by Crippen LogP contribution is -2.34. The Labute approximate surface area is 126 Å². The number of nitrogens with zero attached hydrogens (tertiary/aromatic N) is 2. The zero-order valence-corrected chi connectivity index (χ0v) is 13.1. The Hall–Kier alpha value is -1.84. The molecule has 114 valence electrons. The van der Waals surface area contributed by atoms with Gasteiger partial charge in [-0.1, -0.05) is 32.6 Å². The standard InChI is InChI=1S/C17H24N2O2/c1-4-5-6-7-8-13(2)19(3)17(20)15-11-14-9-10-18-12-16(14)21-15/h9-13H,4-8H2,1-3H3. The number of carbonyl (C=O) groups is 1. The number of unbranched alkanes of at least 4 members (excludes halogenated alkanes) is 3. The highest BCUT2D eigenvalue weighted by Gasteiger charge is 2.20. The summed E-state index contributed by atoms with van der Waals surface area (Å²) in [5.41, 5.74) is 0.657. The smallest absolute Gasteiger partial charge is 0.289 e. The van der Waals surface area contributed by atoms with E-state index < -0.39 is 0 Å². The van der Waals surface area contributed by atoms with Crippen LogP contribution in [0, 0.1) is 0 Å². The summed E-state index contributed by atoms with van der Waals surface area (Å²) in [5.74, 6) is 0.329. The van der Waals surface area contributed by atoms with Gasteiger partial charge in [-0.05, 0) is 25.5 Å². The molecule has 0 N–H and O–H groups in total. The SMILES string of the molecule is CCCCCCC(C)N(C)C(=O)c1cc2ccncc2o1. The highest BCUT2D eigenvalue weighted by atomic mass is 16.3.